The molecular weight excluding hydrogens is 282 g/mol. The van der Waals surface area contributed by atoms with Gasteiger partial charge in [-0.25, -0.2) is 9.78 Å². The molecule has 1 heterocycles. The van der Waals surface area contributed by atoms with Crippen LogP contribution in [0.4, 0.5) is 0 Å². The highest BCUT2D eigenvalue weighted by molar-refractivity contribution is 5.89. The van der Waals surface area contributed by atoms with E-state index in [1.54, 1.807) is 36.4 Å². The predicted molar refractivity (Wildman–Crippen MR) is 81.1 cm³/mol. The summed E-state index contributed by atoms with van der Waals surface area (Å²) < 4.78 is 11.3. The maximum absolute atomic E-state index is 11.2. The summed E-state index contributed by atoms with van der Waals surface area (Å²) >= 11 is 0. The van der Waals surface area contributed by atoms with Crippen LogP contribution < -0.4 is 4.74 Å². The molecule has 0 aliphatic rings. The van der Waals surface area contributed by atoms with Crippen molar-refractivity contribution in [2.24, 2.45) is 0 Å². The number of rotatable bonds is 5. The summed E-state index contributed by atoms with van der Waals surface area (Å²) in [6.45, 7) is 2.16. The first-order valence-electron chi connectivity index (χ1n) is 7.01. The average molecular weight is 297 g/mol. The predicted octanol–water partition coefficient (Wildman–Crippen LogP) is 3.67. The second-order valence-electron chi connectivity index (χ2n) is 4.84. The monoisotopic (exact) mass is 297 g/mol. The van der Waals surface area contributed by atoms with Crippen LogP contribution in [0, 0.1) is 0 Å². The minimum Gasteiger partial charge on any atom is -0.489 e. The highest BCUT2D eigenvalue weighted by atomic mass is 16.5. The lowest BCUT2D eigenvalue weighted by Gasteiger charge is -2.08. The molecule has 0 saturated carbocycles. The fraction of sp³-hybridized carbons (Fsp3) is 0.176. The van der Waals surface area contributed by atoms with Crippen molar-refractivity contribution >= 4 is 17.1 Å². The van der Waals surface area contributed by atoms with Crippen molar-refractivity contribution in [3.05, 3.63) is 59.5 Å². The van der Waals surface area contributed by atoms with Crippen LogP contribution in [0.15, 0.2) is 46.9 Å². The highest BCUT2D eigenvalue weighted by Gasteiger charge is 2.10. The molecule has 112 valence electrons. The molecule has 3 aromatic rings. The molecule has 2 aromatic carbocycles. The van der Waals surface area contributed by atoms with Crippen LogP contribution in [0.1, 0.15) is 28.7 Å². The molecule has 0 spiro atoms. The zero-order chi connectivity index (χ0) is 15.5. The fourth-order valence-corrected chi connectivity index (χ4v) is 2.21. The molecule has 5 nitrogen and oxygen atoms in total. The SMILES string of the molecule is CCc1nc2ccc(OCc3ccccc3C(=O)O)cc2o1. The highest BCUT2D eigenvalue weighted by Crippen LogP contribution is 2.23. The molecule has 0 saturated heterocycles. The maximum atomic E-state index is 11.2. The van der Waals surface area contributed by atoms with Gasteiger partial charge in [0.2, 0.25) is 0 Å². The summed E-state index contributed by atoms with van der Waals surface area (Å²) in [6.07, 6.45) is 0.733. The second kappa shape index (κ2) is 5.89. The molecule has 1 N–H and O–H groups in total. The van der Waals surface area contributed by atoms with Gasteiger partial charge in [-0.2, -0.15) is 0 Å². The first kappa shape index (κ1) is 14.1. The number of aromatic carboxylic acids is 1. The van der Waals surface area contributed by atoms with Gasteiger partial charge in [0.05, 0.1) is 5.56 Å². The van der Waals surface area contributed by atoms with Crippen LogP contribution in [-0.2, 0) is 13.0 Å². The van der Waals surface area contributed by atoms with Gasteiger partial charge in [-0.3, -0.25) is 0 Å². The molecule has 0 atom stereocenters. The fourth-order valence-electron chi connectivity index (χ4n) is 2.21. The summed E-state index contributed by atoms with van der Waals surface area (Å²) in [5.41, 5.74) is 2.33. The third kappa shape index (κ3) is 2.79. The van der Waals surface area contributed by atoms with Crippen molar-refractivity contribution < 1.29 is 19.1 Å². The van der Waals surface area contributed by atoms with Crippen LogP contribution in [-0.4, -0.2) is 16.1 Å². The number of hydrogen-bond acceptors (Lipinski definition) is 4. The molecule has 0 amide bonds. The van der Waals surface area contributed by atoms with Gasteiger partial charge < -0.3 is 14.3 Å². The van der Waals surface area contributed by atoms with Crippen LogP contribution in [0.2, 0.25) is 0 Å². The Labute approximate surface area is 127 Å². The van der Waals surface area contributed by atoms with Gasteiger partial charge in [-0.15, -0.1) is 0 Å². The number of ether oxygens (including phenoxy) is 1. The van der Waals surface area contributed by atoms with E-state index in [-0.39, 0.29) is 12.2 Å². The quantitative estimate of drug-likeness (QED) is 0.778. The summed E-state index contributed by atoms with van der Waals surface area (Å²) in [6, 6.07) is 12.2. The molecule has 5 heteroatoms. The number of oxazole rings is 1. The molecule has 0 radical (unpaired) electrons. The lowest BCUT2D eigenvalue weighted by Crippen LogP contribution is -2.05. The van der Waals surface area contributed by atoms with E-state index in [0.29, 0.717) is 22.8 Å². The lowest BCUT2D eigenvalue weighted by atomic mass is 10.1. The summed E-state index contributed by atoms with van der Waals surface area (Å²) in [4.78, 5) is 15.5. The van der Waals surface area contributed by atoms with Crippen molar-refractivity contribution in [3.63, 3.8) is 0 Å². The Morgan fingerprint density at radius 2 is 2.09 bits per heavy atom. The molecule has 0 bridgehead atoms. The molecule has 1 aromatic heterocycles. The number of hydrogen-bond donors (Lipinski definition) is 1. The van der Waals surface area contributed by atoms with Gasteiger partial charge in [0.25, 0.3) is 0 Å². The molecule has 0 aliphatic heterocycles. The number of carboxylic acids is 1. The van der Waals surface area contributed by atoms with E-state index in [2.05, 4.69) is 4.98 Å². The number of benzene rings is 2. The number of aryl methyl sites for hydroxylation is 1. The number of nitrogens with zero attached hydrogens (tertiary/aromatic N) is 1. The maximum Gasteiger partial charge on any atom is 0.336 e. The third-order valence-electron chi connectivity index (χ3n) is 3.35. The van der Waals surface area contributed by atoms with Crippen LogP contribution in [0.25, 0.3) is 11.1 Å². The lowest BCUT2D eigenvalue weighted by molar-refractivity contribution is 0.0694. The van der Waals surface area contributed by atoms with Crippen LogP contribution >= 0.6 is 0 Å². The van der Waals surface area contributed by atoms with Gasteiger partial charge in [-0.05, 0) is 18.2 Å². The Kier molecular flexibility index (Phi) is 3.78. The smallest absolute Gasteiger partial charge is 0.336 e. The second-order valence-corrected chi connectivity index (χ2v) is 4.84. The topological polar surface area (TPSA) is 72.6 Å². The molecule has 0 fully saturated rings. The zero-order valence-electron chi connectivity index (χ0n) is 12.1. The number of carbonyl (C=O) groups is 1. The van der Waals surface area contributed by atoms with Gasteiger partial charge in [0.1, 0.15) is 17.9 Å². The summed E-state index contributed by atoms with van der Waals surface area (Å²) in [7, 11) is 0. The van der Waals surface area contributed by atoms with Crippen molar-refractivity contribution in [1.82, 2.24) is 4.98 Å². The Bertz CT molecular complexity index is 822. The van der Waals surface area contributed by atoms with Crippen molar-refractivity contribution in [3.8, 4) is 5.75 Å². The van der Waals surface area contributed by atoms with Crippen molar-refractivity contribution in [2.45, 2.75) is 20.0 Å². The molecule has 0 unspecified atom stereocenters. The number of aromatic nitrogens is 1. The van der Waals surface area contributed by atoms with Gasteiger partial charge in [0.15, 0.2) is 11.5 Å². The van der Waals surface area contributed by atoms with Gasteiger partial charge in [0, 0.05) is 18.1 Å². The van der Waals surface area contributed by atoms with Crippen LogP contribution in [0.5, 0.6) is 5.75 Å². The van der Waals surface area contributed by atoms with E-state index in [4.69, 9.17) is 14.3 Å². The minimum atomic E-state index is -0.961. The average Bonchev–Trinajstić information content (AvgIpc) is 2.95. The Morgan fingerprint density at radius 3 is 2.86 bits per heavy atom. The van der Waals surface area contributed by atoms with E-state index in [9.17, 15) is 4.79 Å². The van der Waals surface area contributed by atoms with E-state index >= 15 is 0 Å². The molecule has 22 heavy (non-hydrogen) atoms. The first-order valence-corrected chi connectivity index (χ1v) is 7.01. The summed E-state index contributed by atoms with van der Waals surface area (Å²) in [5, 5.41) is 9.16. The Balaban J connectivity index is 1.80. The Morgan fingerprint density at radius 1 is 1.27 bits per heavy atom. The molecule has 3 rings (SSSR count). The first-order chi connectivity index (χ1) is 10.7. The Hall–Kier alpha value is -2.82. The minimum absolute atomic E-state index is 0.183. The third-order valence-corrected chi connectivity index (χ3v) is 3.35. The summed E-state index contributed by atoms with van der Waals surface area (Å²) in [5.74, 6) is 0.340. The van der Waals surface area contributed by atoms with Gasteiger partial charge >= 0.3 is 5.97 Å². The number of fused-ring (bicyclic) bond motifs is 1. The molecule has 0 aliphatic carbocycles. The van der Waals surface area contributed by atoms with E-state index in [0.717, 1.165) is 11.9 Å². The van der Waals surface area contributed by atoms with E-state index < -0.39 is 5.97 Å². The zero-order valence-corrected chi connectivity index (χ0v) is 12.1. The standard InChI is InChI=1S/C17H15NO4/c1-2-16-18-14-8-7-12(9-15(14)22-16)21-10-11-5-3-4-6-13(11)17(19)20/h3-9H,2,10H2,1H3,(H,19,20). The van der Waals surface area contributed by atoms with Gasteiger partial charge in [-0.1, -0.05) is 25.1 Å². The van der Waals surface area contributed by atoms with E-state index in [1.165, 1.54) is 0 Å². The van der Waals surface area contributed by atoms with Crippen LogP contribution in [0.3, 0.4) is 0 Å². The molecular formula is C17H15NO4. The normalized spacial score (nSPS) is 10.8. The van der Waals surface area contributed by atoms with Crippen molar-refractivity contribution in [2.75, 3.05) is 0 Å². The van der Waals surface area contributed by atoms with Crippen molar-refractivity contribution in [1.29, 1.82) is 0 Å². The number of carboxylic acid groups (broad SMARTS) is 1. The largest absolute Gasteiger partial charge is 0.489 e. The van der Waals surface area contributed by atoms with E-state index in [1.807, 2.05) is 13.0 Å².